The Morgan fingerprint density at radius 1 is 1.44 bits per heavy atom. The van der Waals surface area contributed by atoms with E-state index < -0.39 is 5.97 Å². The van der Waals surface area contributed by atoms with Gasteiger partial charge in [-0.25, -0.2) is 4.79 Å². The molecular weight excluding hydrogens is 236 g/mol. The van der Waals surface area contributed by atoms with Crippen molar-refractivity contribution in [3.05, 3.63) is 23.8 Å². The Labute approximate surface area is 105 Å². The van der Waals surface area contributed by atoms with Gasteiger partial charge in [0.25, 0.3) is 0 Å². The molecule has 1 fully saturated rings. The zero-order chi connectivity index (χ0) is 13.0. The molecule has 1 aliphatic heterocycles. The number of aromatic carboxylic acids is 1. The molecule has 2 rings (SSSR count). The topological polar surface area (TPSA) is 65.0 Å². The van der Waals surface area contributed by atoms with Crippen molar-refractivity contribution in [3.8, 4) is 11.5 Å². The molecule has 0 amide bonds. The van der Waals surface area contributed by atoms with Crippen LogP contribution in [0.5, 0.6) is 11.5 Å². The molecule has 0 aliphatic carbocycles. The van der Waals surface area contributed by atoms with Crippen LogP contribution in [0.1, 0.15) is 23.2 Å². The van der Waals surface area contributed by atoms with Gasteiger partial charge in [-0.15, -0.1) is 0 Å². The number of carboxylic acids is 1. The number of rotatable bonds is 4. The number of methoxy groups -OCH3 is 1. The molecule has 1 aromatic carbocycles. The van der Waals surface area contributed by atoms with Crippen molar-refractivity contribution in [1.82, 2.24) is 0 Å². The van der Waals surface area contributed by atoms with Crippen molar-refractivity contribution in [1.29, 1.82) is 0 Å². The molecule has 0 saturated carbocycles. The Bertz CT molecular complexity index is 423. The molecule has 1 heterocycles. The van der Waals surface area contributed by atoms with Gasteiger partial charge in [0.1, 0.15) is 6.10 Å². The SMILES string of the molecule is COc1ccc(C(=O)O)cc1OC1CCCOC1. The lowest BCUT2D eigenvalue weighted by atomic mass is 10.1. The summed E-state index contributed by atoms with van der Waals surface area (Å²) < 4.78 is 16.2. The Morgan fingerprint density at radius 2 is 2.28 bits per heavy atom. The molecule has 98 valence electrons. The van der Waals surface area contributed by atoms with Crippen LogP contribution in [-0.2, 0) is 4.74 Å². The van der Waals surface area contributed by atoms with Crippen LogP contribution in [0.15, 0.2) is 18.2 Å². The standard InChI is InChI=1S/C13H16O5/c1-16-11-5-4-9(13(14)15)7-12(11)18-10-3-2-6-17-8-10/h4-5,7,10H,2-3,6,8H2,1H3,(H,14,15). The van der Waals surface area contributed by atoms with Crippen LogP contribution in [0, 0.1) is 0 Å². The van der Waals surface area contributed by atoms with E-state index in [1.807, 2.05) is 0 Å². The first kappa shape index (κ1) is 12.7. The summed E-state index contributed by atoms with van der Waals surface area (Å²) in [5, 5.41) is 8.96. The molecule has 18 heavy (non-hydrogen) atoms. The second kappa shape index (κ2) is 5.73. The predicted molar refractivity (Wildman–Crippen MR) is 64.4 cm³/mol. The number of carbonyl (C=O) groups is 1. The Hall–Kier alpha value is -1.75. The summed E-state index contributed by atoms with van der Waals surface area (Å²) >= 11 is 0. The van der Waals surface area contributed by atoms with E-state index in [1.54, 1.807) is 6.07 Å². The first-order valence-corrected chi connectivity index (χ1v) is 5.86. The van der Waals surface area contributed by atoms with Crippen LogP contribution < -0.4 is 9.47 Å². The highest BCUT2D eigenvalue weighted by atomic mass is 16.5. The molecule has 0 aromatic heterocycles. The van der Waals surface area contributed by atoms with Crippen LogP contribution in [0.2, 0.25) is 0 Å². The summed E-state index contributed by atoms with van der Waals surface area (Å²) in [6.07, 6.45) is 1.81. The van der Waals surface area contributed by atoms with Gasteiger partial charge in [-0.2, -0.15) is 0 Å². The van der Waals surface area contributed by atoms with Crippen LogP contribution in [0.25, 0.3) is 0 Å². The molecular formula is C13H16O5. The fourth-order valence-corrected chi connectivity index (χ4v) is 1.89. The third kappa shape index (κ3) is 2.92. The first-order chi connectivity index (χ1) is 8.70. The molecule has 5 heteroatoms. The zero-order valence-electron chi connectivity index (χ0n) is 10.2. The summed E-state index contributed by atoms with van der Waals surface area (Å²) in [5.41, 5.74) is 0.183. The molecule has 1 aliphatic rings. The summed E-state index contributed by atoms with van der Waals surface area (Å²) in [6.45, 7) is 1.28. The lowest BCUT2D eigenvalue weighted by Gasteiger charge is -2.24. The lowest BCUT2D eigenvalue weighted by molar-refractivity contribution is 0.00639. The normalized spacial score (nSPS) is 19.3. The van der Waals surface area contributed by atoms with E-state index in [2.05, 4.69) is 0 Å². The van der Waals surface area contributed by atoms with Gasteiger partial charge < -0.3 is 19.3 Å². The minimum atomic E-state index is -0.984. The van der Waals surface area contributed by atoms with Gasteiger partial charge in [0, 0.05) is 6.61 Å². The van der Waals surface area contributed by atoms with Crippen LogP contribution in [-0.4, -0.2) is 37.5 Å². The number of carboxylic acid groups (broad SMARTS) is 1. The maximum absolute atomic E-state index is 10.9. The molecule has 1 aromatic rings. The fraction of sp³-hybridized carbons (Fsp3) is 0.462. The fourth-order valence-electron chi connectivity index (χ4n) is 1.89. The highest BCUT2D eigenvalue weighted by Crippen LogP contribution is 2.30. The average Bonchev–Trinajstić information content (AvgIpc) is 2.39. The minimum absolute atomic E-state index is 0.0447. The monoisotopic (exact) mass is 252 g/mol. The maximum atomic E-state index is 10.9. The lowest BCUT2D eigenvalue weighted by Crippen LogP contribution is -2.28. The van der Waals surface area contributed by atoms with Gasteiger partial charge in [-0.1, -0.05) is 0 Å². The van der Waals surface area contributed by atoms with Crippen molar-refractivity contribution in [2.75, 3.05) is 20.3 Å². The molecule has 1 N–H and O–H groups in total. The maximum Gasteiger partial charge on any atom is 0.335 e. The van der Waals surface area contributed by atoms with Gasteiger partial charge >= 0.3 is 5.97 Å². The van der Waals surface area contributed by atoms with E-state index in [1.165, 1.54) is 19.2 Å². The van der Waals surface area contributed by atoms with Gasteiger partial charge in [-0.05, 0) is 31.0 Å². The van der Waals surface area contributed by atoms with Crippen molar-refractivity contribution < 1.29 is 24.1 Å². The molecule has 1 saturated heterocycles. The second-order valence-electron chi connectivity index (χ2n) is 4.13. The van der Waals surface area contributed by atoms with Gasteiger partial charge in [-0.3, -0.25) is 0 Å². The molecule has 0 spiro atoms. The summed E-state index contributed by atoms with van der Waals surface area (Å²) in [6, 6.07) is 4.57. The Morgan fingerprint density at radius 3 is 2.89 bits per heavy atom. The van der Waals surface area contributed by atoms with Crippen molar-refractivity contribution >= 4 is 5.97 Å². The van der Waals surface area contributed by atoms with E-state index in [-0.39, 0.29) is 11.7 Å². The molecule has 1 atom stereocenters. The number of hydrogen-bond donors (Lipinski definition) is 1. The van der Waals surface area contributed by atoms with Gasteiger partial charge in [0.05, 0.1) is 19.3 Å². The first-order valence-electron chi connectivity index (χ1n) is 5.86. The minimum Gasteiger partial charge on any atom is -0.493 e. The predicted octanol–water partition coefficient (Wildman–Crippen LogP) is 1.95. The number of benzene rings is 1. The highest BCUT2D eigenvalue weighted by molar-refractivity contribution is 5.88. The number of hydrogen-bond acceptors (Lipinski definition) is 4. The third-order valence-corrected chi connectivity index (χ3v) is 2.82. The average molecular weight is 252 g/mol. The van der Waals surface area contributed by atoms with E-state index in [0.29, 0.717) is 18.1 Å². The second-order valence-corrected chi connectivity index (χ2v) is 4.13. The smallest absolute Gasteiger partial charge is 0.335 e. The number of ether oxygens (including phenoxy) is 3. The zero-order valence-corrected chi connectivity index (χ0v) is 10.2. The van der Waals surface area contributed by atoms with Crippen LogP contribution in [0.3, 0.4) is 0 Å². The van der Waals surface area contributed by atoms with Crippen LogP contribution in [0.4, 0.5) is 0 Å². The van der Waals surface area contributed by atoms with Gasteiger partial charge in [0.15, 0.2) is 11.5 Å². The Kier molecular flexibility index (Phi) is 4.04. The van der Waals surface area contributed by atoms with E-state index in [9.17, 15) is 4.79 Å². The third-order valence-electron chi connectivity index (χ3n) is 2.82. The van der Waals surface area contributed by atoms with E-state index >= 15 is 0 Å². The molecule has 5 nitrogen and oxygen atoms in total. The van der Waals surface area contributed by atoms with Crippen molar-refractivity contribution in [2.45, 2.75) is 18.9 Å². The van der Waals surface area contributed by atoms with Crippen LogP contribution >= 0.6 is 0 Å². The molecule has 1 unspecified atom stereocenters. The summed E-state index contributed by atoms with van der Waals surface area (Å²) in [7, 11) is 1.53. The molecule has 0 radical (unpaired) electrons. The highest BCUT2D eigenvalue weighted by Gasteiger charge is 2.18. The summed E-state index contributed by atoms with van der Waals surface area (Å²) in [4.78, 5) is 10.9. The summed E-state index contributed by atoms with van der Waals surface area (Å²) in [5.74, 6) is 0.000806. The Balaban J connectivity index is 2.17. The van der Waals surface area contributed by atoms with E-state index in [4.69, 9.17) is 19.3 Å². The van der Waals surface area contributed by atoms with Gasteiger partial charge in [0.2, 0.25) is 0 Å². The van der Waals surface area contributed by atoms with Crippen molar-refractivity contribution in [2.24, 2.45) is 0 Å². The molecule has 0 bridgehead atoms. The quantitative estimate of drug-likeness (QED) is 0.887. The largest absolute Gasteiger partial charge is 0.493 e. The van der Waals surface area contributed by atoms with Crippen molar-refractivity contribution in [3.63, 3.8) is 0 Å². The van der Waals surface area contributed by atoms with E-state index in [0.717, 1.165) is 19.4 Å².